The molecule has 1 atom stereocenters. The van der Waals surface area contributed by atoms with Crippen LogP contribution in [0.2, 0.25) is 0 Å². The topological polar surface area (TPSA) is 134 Å². The van der Waals surface area contributed by atoms with Crippen molar-refractivity contribution in [3.05, 3.63) is 51.1 Å². The van der Waals surface area contributed by atoms with Crippen LogP contribution in [-0.2, 0) is 16.6 Å². The van der Waals surface area contributed by atoms with Crippen LogP contribution in [0.4, 0.5) is 11.6 Å². The van der Waals surface area contributed by atoms with E-state index in [2.05, 4.69) is 10.8 Å². The highest BCUT2D eigenvalue weighted by molar-refractivity contribution is 7.92. The Morgan fingerprint density at radius 1 is 1.39 bits per heavy atom. The average molecular weight is 459 g/mol. The summed E-state index contributed by atoms with van der Waals surface area (Å²) >= 11 is 1.14. The second-order valence-corrected chi connectivity index (χ2v) is 10.2. The minimum Gasteiger partial charge on any atom is -0.341 e. The molecule has 31 heavy (non-hydrogen) atoms. The van der Waals surface area contributed by atoms with Crippen LogP contribution in [0.1, 0.15) is 24.0 Å². The summed E-state index contributed by atoms with van der Waals surface area (Å²) in [6.45, 7) is 1.40. The molecular formula is C20H22N6O3S2. The van der Waals surface area contributed by atoms with Gasteiger partial charge in [0.2, 0.25) is 16.0 Å². The van der Waals surface area contributed by atoms with E-state index in [9.17, 15) is 18.5 Å². The van der Waals surface area contributed by atoms with Gasteiger partial charge in [-0.15, -0.1) is 11.3 Å². The van der Waals surface area contributed by atoms with Crippen LogP contribution in [0.25, 0.3) is 10.2 Å². The van der Waals surface area contributed by atoms with Crippen molar-refractivity contribution >= 4 is 43.2 Å². The van der Waals surface area contributed by atoms with Gasteiger partial charge < -0.3 is 10.6 Å². The molecule has 1 unspecified atom stereocenters. The van der Waals surface area contributed by atoms with Crippen LogP contribution in [0.15, 0.2) is 34.4 Å². The van der Waals surface area contributed by atoms with Crippen molar-refractivity contribution in [2.24, 2.45) is 5.73 Å². The predicted octanol–water partition coefficient (Wildman–Crippen LogP) is 1.68. The highest BCUT2D eigenvalue weighted by Crippen LogP contribution is 2.30. The third kappa shape index (κ3) is 4.41. The average Bonchev–Trinajstić information content (AvgIpc) is 3.11. The number of rotatable bonds is 5. The summed E-state index contributed by atoms with van der Waals surface area (Å²) < 4.78 is 27.9. The lowest BCUT2D eigenvalue weighted by Crippen LogP contribution is -2.45. The van der Waals surface area contributed by atoms with E-state index in [1.54, 1.807) is 22.1 Å². The number of thiophene rings is 1. The highest BCUT2D eigenvalue weighted by atomic mass is 32.2. The number of hydrogen-bond acceptors (Lipinski definition) is 8. The van der Waals surface area contributed by atoms with Gasteiger partial charge in [0.15, 0.2) is 0 Å². The molecule has 0 saturated carbocycles. The molecule has 0 radical (unpaired) electrons. The van der Waals surface area contributed by atoms with Gasteiger partial charge in [0.05, 0.1) is 30.1 Å². The molecule has 2 aromatic heterocycles. The molecule has 4 rings (SSSR count). The molecule has 162 valence electrons. The van der Waals surface area contributed by atoms with Crippen molar-refractivity contribution in [1.29, 1.82) is 5.26 Å². The van der Waals surface area contributed by atoms with Crippen molar-refractivity contribution in [1.82, 2.24) is 9.55 Å². The summed E-state index contributed by atoms with van der Waals surface area (Å²) in [6, 6.07) is 9.24. The van der Waals surface area contributed by atoms with Crippen LogP contribution in [0, 0.1) is 11.3 Å². The Kier molecular flexibility index (Phi) is 5.70. The van der Waals surface area contributed by atoms with Crippen molar-refractivity contribution in [3.63, 3.8) is 0 Å². The number of hydrogen-bond donors (Lipinski definition) is 2. The Bertz CT molecular complexity index is 1340. The molecule has 0 bridgehead atoms. The first-order valence-electron chi connectivity index (χ1n) is 9.75. The van der Waals surface area contributed by atoms with Crippen molar-refractivity contribution in [3.8, 4) is 6.07 Å². The lowest BCUT2D eigenvalue weighted by molar-refractivity contribution is 0.492. The molecule has 1 aliphatic heterocycles. The Morgan fingerprint density at radius 3 is 2.87 bits per heavy atom. The molecular weight excluding hydrogens is 436 g/mol. The maximum atomic E-state index is 13.5. The van der Waals surface area contributed by atoms with E-state index < -0.39 is 10.0 Å². The van der Waals surface area contributed by atoms with E-state index in [1.165, 1.54) is 0 Å². The molecule has 3 N–H and O–H groups in total. The van der Waals surface area contributed by atoms with Crippen LogP contribution < -0.4 is 20.9 Å². The molecule has 0 amide bonds. The fourth-order valence-electron chi connectivity index (χ4n) is 3.77. The Morgan fingerprint density at radius 2 is 2.16 bits per heavy atom. The zero-order valence-corrected chi connectivity index (χ0v) is 18.5. The molecule has 1 fully saturated rings. The summed E-state index contributed by atoms with van der Waals surface area (Å²) in [4.78, 5) is 20.2. The second-order valence-electron chi connectivity index (χ2n) is 7.62. The number of aromatic nitrogens is 2. The first kappa shape index (κ1) is 21.3. The van der Waals surface area contributed by atoms with Gasteiger partial charge in [0.1, 0.15) is 10.2 Å². The van der Waals surface area contributed by atoms with Crippen LogP contribution >= 0.6 is 11.3 Å². The van der Waals surface area contributed by atoms with E-state index >= 15 is 0 Å². The lowest BCUT2D eigenvalue weighted by atomic mass is 10.1. The first-order valence-corrected chi connectivity index (χ1v) is 12.5. The monoisotopic (exact) mass is 458 g/mol. The summed E-state index contributed by atoms with van der Waals surface area (Å²) in [5, 5.41) is 11.0. The fraction of sp³-hybridized carbons (Fsp3) is 0.350. The van der Waals surface area contributed by atoms with E-state index in [1.807, 2.05) is 17.0 Å². The standard InChI is InChI=1S/C20H22N6O3S2/c1-31(28,29)24-16-12-30-18-17(16)23-20(25-8-4-7-15(22)11-25)26(19(18)27)10-14-6-3-2-5-13(14)9-21/h2-3,5-6,12,15,24H,4,7-8,10-11,22H2,1H3. The molecule has 11 heteroatoms. The van der Waals surface area contributed by atoms with Crippen LogP contribution in [0.5, 0.6) is 0 Å². The van der Waals surface area contributed by atoms with Crippen LogP contribution in [-0.4, -0.2) is 43.4 Å². The number of benzene rings is 1. The van der Waals surface area contributed by atoms with E-state index in [-0.39, 0.29) is 23.8 Å². The van der Waals surface area contributed by atoms with Gasteiger partial charge in [0, 0.05) is 24.5 Å². The Labute approximate surface area is 183 Å². The number of nitrogens with two attached hydrogens (primary N) is 1. The number of nitriles is 1. The SMILES string of the molecule is CS(=O)(=O)Nc1csc2c(=O)n(Cc3ccccc3C#N)c(N3CCCC(N)C3)nc12. The molecule has 0 aliphatic carbocycles. The number of fused-ring (bicyclic) bond motifs is 1. The number of nitrogens with zero attached hydrogens (tertiary/aromatic N) is 4. The molecule has 1 saturated heterocycles. The minimum absolute atomic E-state index is 0.0442. The third-order valence-corrected chi connectivity index (χ3v) is 6.71. The normalized spacial score (nSPS) is 16.9. The predicted molar refractivity (Wildman–Crippen MR) is 122 cm³/mol. The van der Waals surface area contributed by atoms with Gasteiger partial charge in [-0.25, -0.2) is 13.4 Å². The number of anilines is 2. The number of sulfonamides is 1. The second kappa shape index (κ2) is 8.30. The summed E-state index contributed by atoms with van der Waals surface area (Å²) in [7, 11) is -3.53. The van der Waals surface area contributed by atoms with Gasteiger partial charge in [0.25, 0.3) is 5.56 Å². The third-order valence-electron chi connectivity index (χ3n) is 5.16. The summed E-state index contributed by atoms with van der Waals surface area (Å²) in [5.74, 6) is 0.426. The maximum Gasteiger partial charge on any atom is 0.273 e. The van der Waals surface area contributed by atoms with Crippen molar-refractivity contribution in [2.45, 2.75) is 25.4 Å². The smallest absolute Gasteiger partial charge is 0.273 e. The zero-order chi connectivity index (χ0) is 22.2. The Balaban J connectivity index is 1.91. The number of nitrogens with one attached hydrogen (secondary N) is 1. The van der Waals surface area contributed by atoms with E-state index in [0.717, 1.165) is 30.4 Å². The quantitative estimate of drug-likeness (QED) is 0.594. The molecule has 1 aromatic carbocycles. The maximum absolute atomic E-state index is 13.5. The molecule has 1 aliphatic rings. The van der Waals surface area contributed by atoms with Crippen LogP contribution in [0.3, 0.4) is 0 Å². The molecule has 9 nitrogen and oxygen atoms in total. The Hall–Kier alpha value is -2.94. The van der Waals surface area contributed by atoms with Crippen molar-refractivity contribution in [2.75, 3.05) is 29.0 Å². The first-order chi connectivity index (χ1) is 14.8. The summed E-state index contributed by atoms with van der Waals surface area (Å²) in [6.07, 6.45) is 2.81. The fourth-order valence-corrected chi connectivity index (χ4v) is 5.29. The van der Waals surface area contributed by atoms with Crippen molar-refractivity contribution < 1.29 is 8.42 Å². The zero-order valence-electron chi connectivity index (χ0n) is 16.9. The van der Waals surface area contributed by atoms with Gasteiger partial charge >= 0.3 is 0 Å². The van der Waals surface area contributed by atoms with E-state index in [0.29, 0.717) is 40.4 Å². The van der Waals surface area contributed by atoms with Gasteiger partial charge in [-0.05, 0) is 24.5 Å². The molecule has 0 spiro atoms. The van der Waals surface area contributed by atoms with Gasteiger partial charge in [-0.2, -0.15) is 5.26 Å². The lowest BCUT2D eigenvalue weighted by Gasteiger charge is -2.33. The summed E-state index contributed by atoms with van der Waals surface area (Å²) in [5.41, 5.74) is 7.69. The minimum atomic E-state index is -3.53. The largest absolute Gasteiger partial charge is 0.341 e. The van der Waals surface area contributed by atoms with E-state index in [4.69, 9.17) is 10.7 Å². The molecule has 3 heterocycles. The highest BCUT2D eigenvalue weighted by Gasteiger charge is 2.25. The van der Waals surface area contributed by atoms with Gasteiger partial charge in [-0.1, -0.05) is 18.2 Å². The van der Waals surface area contributed by atoms with Gasteiger partial charge in [-0.3, -0.25) is 14.1 Å². The molecule has 3 aromatic rings. The number of piperidine rings is 1.